The molecule has 0 saturated heterocycles. The van der Waals surface area contributed by atoms with Crippen molar-refractivity contribution in [3.05, 3.63) is 0 Å². The Bertz CT molecular complexity index is 409. The number of hydrogen-bond acceptors (Lipinski definition) is 4. The lowest BCUT2D eigenvalue weighted by atomic mass is 9.70. The van der Waals surface area contributed by atoms with Crippen LogP contribution in [0.5, 0.6) is 0 Å². The van der Waals surface area contributed by atoms with Gasteiger partial charge < -0.3 is 10.1 Å². The van der Waals surface area contributed by atoms with Gasteiger partial charge in [-0.15, -0.1) is 0 Å². The summed E-state index contributed by atoms with van der Waals surface area (Å²) in [4.78, 5) is 11.5. The number of alkyl carbamates (subject to hydrolysis) is 1. The number of ether oxygens (including phenoxy) is 1. The van der Waals surface area contributed by atoms with E-state index >= 15 is 0 Å². The highest BCUT2D eigenvalue weighted by molar-refractivity contribution is 8.13. The number of carbonyl (C=O) groups excluding carboxylic acids is 1. The van der Waals surface area contributed by atoms with Crippen molar-refractivity contribution < 1.29 is 17.9 Å². The van der Waals surface area contributed by atoms with Crippen LogP contribution in [0.15, 0.2) is 0 Å². The van der Waals surface area contributed by atoms with Gasteiger partial charge in [0.05, 0.1) is 5.75 Å². The zero-order valence-electron chi connectivity index (χ0n) is 11.0. The maximum atomic E-state index is 11.5. The van der Waals surface area contributed by atoms with E-state index in [0.717, 1.165) is 19.3 Å². The smallest absolute Gasteiger partial charge is 0.407 e. The predicted octanol–water partition coefficient (Wildman–Crippen LogP) is 2.25. The molecule has 0 aromatic carbocycles. The van der Waals surface area contributed by atoms with Crippen molar-refractivity contribution in [2.45, 2.75) is 45.6 Å². The Balaban J connectivity index is 2.48. The van der Waals surface area contributed by atoms with E-state index in [2.05, 4.69) is 5.32 Å². The molecular formula is C11H20ClNO4S. The van der Waals surface area contributed by atoms with Crippen LogP contribution in [0.1, 0.15) is 40.0 Å². The summed E-state index contributed by atoms with van der Waals surface area (Å²) in [5.74, 6) is -0.0998. The van der Waals surface area contributed by atoms with Crippen molar-refractivity contribution in [2.24, 2.45) is 5.41 Å². The van der Waals surface area contributed by atoms with Gasteiger partial charge in [0.25, 0.3) is 0 Å². The monoisotopic (exact) mass is 297 g/mol. The van der Waals surface area contributed by atoms with Crippen LogP contribution >= 0.6 is 10.7 Å². The molecule has 5 nitrogen and oxygen atoms in total. The second-order valence-corrected chi connectivity index (χ2v) is 8.67. The van der Waals surface area contributed by atoms with Crippen molar-refractivity contribution in [3.8, 4) is 0 Å². The highest BCUT2D eigenvalue weighted by atomic mass is 35.7. The minimum Gasteiger partial charge on any atom is -0.444 e. The van der Waals surface area contributed by atoms with Crippen LogP contribution in [0.4, 0.5) is 4.79 Å². The third kappa shape index (κ3) is 5.44. The molecule has 0 heterocycles. The van der Waals surface area contributed by atoms with Crippen molar-refractivity contribution in [2.75, 3.05) is 12.3 Å². The zero-order chi connectivity index (χ0) is 14.0. The van der Waals surface area contributed by atoms with Gasteiger partial charge in [-0.3, -0.25) is 0 Å². The number of hydrogen-bond donors (Lipinski definition) is 1. The number of amides is 1. The second kappa shape index (κ2) is 5.25. The van der Waals surface area contributed by atoms with E-state index in [1.165, 1.54) is 0 Å². The molecule has 0 spiro atoms. The molecule has 7 heteroatoms. The first-order valence-corrected chi connectivity index (χ1v) is 8.38. The maximum Gasteiger partial charge on any atom is 0.407 e. The van der Waals surface area contributed by atoms with Crippen LogP contribution < -0.4 is 5.32 Å². The molecule has 0 aromatic rings. The molecule has 106 valence electrons. The number of carbonyl (C=O) groups is 1. The summed E-state index contributed by atoms with van der Waals surface area (Å²) in [6.45, 7) is 5.60. The van der Waals surface area contributed by atoms with Crippen molar-refractivity contribution in [3.63, 3.8) is 0 Å². The van der Waals surface area contributed by atoms with Crippen LogP contribution in [0.25, 0.3) is 0 Å². The topological polar surface area (TPSA) is 72.5 Å². The summed E-state index contributed by atoms with van der Waals surface area (Å²) in [7, 11) is 1.73. The van der Waals surface area contributed by atoms with Gasteiger partial charge in [-0.1, -0.05) is 6.42 Å². The molecule has 1 aliphatic rings. The lowest BCUT2D eigenvalue weighted by Gasteiger charge is -2.41. The fourth-order valence-electron chi connectivity index (χ4n) is 1.99. The summed E-state index contributed by atoms with van der Waals surface area (Å²) in [5, 5.41) is 2.62. The lowest BCUT2D eigenvalue weighted by molar-refractivity contribution is 0.0471. The normalized spacial score (nSPS) is 18.9. The van der Waals surface area contributed by atoms with E-state index in [4.69, 9.17) is 15.4 Å². The number of halogens is 1. The summed E-state index contributed by atoms with van der Waals surface area (Å²) in [6, 6.07) is 0. The largest absolute Gasteiger partial charge is 0.444 e. The van der Waals surface area contributed by atoms with Crippen LogP contribution in [0, 0.1) is 5.41 Å². The fraction of sp³-hybridized carbons (Fsp3) is 0.909. The van der Waals surface area contributed by atoms with Crippen molar-refractivity contribution >= 4 is 25.8 Å². The van der Waals surface area contributed by atoms with E-state index in [-0.39, 0.29) is 12.3 Å². The molecule has 0 radical (unpaired) electrons. The van der Waals surface area contributed by atoms with Gasteiger partial charge in [-0.05, 0) is 33.6 Å². The molecule has 0 aliphatic heterocycles. The Hall–Kier alpha value is -0.490. The molecule has 0 bridgehead atoms. The number of nitrogens with one attached hydrogen (secondary N) is 1. The molecule has 0 unspecified atom stereocenters. The van der Waals surface area contributed by atoms with Gasteiger partial charge in [0.1, 0.15) is 5.60 Å². The van der Waals surface area contributed by atoms with Crippen LogP contribution in [-0.2, 0) is 13.8 Å². The van der Waals surface area contributed by atoms with E-state index in [1.54, 1.807) is 20.8 Å². The lowest BCUT2D eigenvalue weighted by Crippen LogP contribution is -2.46. The first kappa shape index (κ1) is 15.6. The Kier molecular flexibility index (Phi) is 4.54. The standard InChI is InChI=1S/C11H20ClNO4S/c1-10(2,3)17-9(14)13-7-11(5-4-6-11)8-18(12,15)16/h4-8H2,1-3H3,(H,13,14). The molecule has 1 fully saturated rings. The van der Waals surface area contributed by atoms with Crippen LogP contribution in [0.3, 0.4) is 0 Å². The average Bonchev–Trinajstić information content (AvgIpc) is 2.04. The third-order valence-electron chi connectivity index (χ3n) is 2.90. The first-order chi connectivity index (χ1) is 8.02. The van der Waals surface area contributed by atoms with Gasteiger partial charge in [0.2, 0.25) is 9.05 Å². The minimum atomic E-state index is -3.55. The molecule has 0 aromatic heterocycles. The van der Waals surface area contributed by atoms with Crippen LogP contribution in [-0.4, -0.2) is 32.4 Å². The minimum absolute atomic E-state index is 0.0998. The first-order valence-electron chi connectivity index (χ1n) is 5.91. The highest BCUT2D eigenvalue weighted by Gasteiger charge is 2.41. The molecule has 0 atom stereocenters. The van der Waals surface area contributed by atoms with E-state index < -0.39 is 26.2 Å². The quantitative estimate of drug-likeness (QED) is 0.808. The van der Waals surface area contributed by atoms with E-state index in [1.807, 2.05) is 0 Å². The summed E-state index contributed by atoms with van der Waals surface area (Å²) in [5.41, 5.74) is -0.979. The maximum absolute atomic E-state index is 11.5. The Labute approximate surface area is 113 Å². The molecule has 1 saturated carbocycles. The molecular weight excluding hydrogens is 278 g/mol. The van der Waals surface area contributed by atoms with Gasteiger partial charge in [0, 0.05) is 22.6 Å². The average molecular weight is 298 g/mol. The molecule has 1 rings (SSSR count). The highest BCUT2D eigenvalue weighted by Crippen LogP contribution is 2.42. The molecule has 18 heavy (non-hydrogen) atoms. The molecule has 1 amide bonds. The Morgan fingerprint density at radius 3 is 2.28 bits per heavy atom. The predicted molar refractivity (Wildman–Crippen MR) is 70.2 cm³/mol. The van der Waals surface area contributed by atoms with Gasteiger partial charge in [0.15, 0.2) is 0 Å². The molecule has 1 aliphatic carbocycles. The summed E-state index contributed by atoms with van der Waals surface area (Å²) >= 11 is 0. The zero-order valence-corrected chi connectivity index (χ0v) is 12.5. The number of rotatable bonds is 4. The fourth-order valence-corrected chi connectivity index (χ4v) is 3.81. The summed E-state index contributed by atoms with van der Waals surface area (Å²) < 4.78 is 27.4. The third-order valence-corrected chi connectivity index (χ3v) is 4.18. The van der Waals surface area contributed by atoms with Crippen molar-refractivity contribution in [1.82, 2.24) is 5.32 Å². The van der Waals surface area contributed by atoms with Crippen molar-refractivity contribution in [1.29, 1.82) is 0 Å². The van der Waals surface area contributed by atoms with E-state index in [0.29, 0.717) is 0 Å². The SMILES string of the molecule is CC(C)(C)OC(=O)NCC1(CS(=O)(=O)Cl)CCC1. The Morgan fingerprint density at radius 2 is 1.94 bits per heavy atom. The summed E-state index contributed by atoms with van der Waals surface area (Å²) in [6.07, 6.45) is 1.95. The van der Waals surface area contributed by atoms with Gasteiger partial charge >= 0.3 is 6.09 Å². The second-order valence-electron chi connectivity index (χ2n) is 5.89. The Morgan fingerprint density at radius 1 is 1.39 bits per heavy atom. The van der Waals surface area contributed by atoms with Crippen LogP contribution in [0.2, 0.25) is 0 Å². The van der Waals surface area contributed by atoms with Gasteiger partial charge in [-0.25, -0.2) is 13.2 Å². The van der Waals surface area contributed by atoms with E-state index in [9.17, 15) is 13.2 Å². The van der Waals surface area contributed by atoms with Gasteiger partial charge in [-0.2, -0.15) is 0 Å². The molecule has 1 N–H and O–H groups in total.